The van der Waals surface area contributed by atoms with E-state index in [0.717, 1.165) is 0 Å². The lowest BCUT2D eigenvalue weighted by Crippen LogP contribution is -2.41. The van der Waals surface area contributed by atoms with Gasteiger partial charge in [-0.25, -0.2) is 0 Å². The van der Waals surface area contributed by atoms with Crippen LogP contribution in [0, 0.1) is 0 Å². The summed E-state index contributed by atoms with van der Waals surface area (Å²) in [7, 11) is 0. The number of pyridine rings is 1. The Labute approximate surface area is 153 Å². The van der Waals surface area contributed by atoms with Gasteiger partial charge in [-0.3, -0.25) is 9.59 Å². The molecule has 0 saturated heterocycles. The molecule has 3 rings (SSSR count). The van der Waals surface area contributed by atoms with Crippen molar-refractivity contribution >= 4 is 27.7 Å². The number of para-hydroxylation sites is 2. The van der Waals surface area contributed by atoms with Gasteiger partial charge in [-0.15, -0.1) is 6.58 Å². The summed E-state index contributed by atoms with van der Waals surface area (Å²) in [6.45, 7) is 1.54. The molecule has 1 heterocycles. The standard InChI is InChI=1S/C20H17F3N2O2/c1-2-11-24(13-20(21,22)23)18(26)12-25-16-9-5-3-7-14(16)19(27)15-8-4-6-10-17(15)25/h2-10H,1,11-13H2. The van der Waals surface area contributed by atoms with Gasteiger partial charge in [0.1, 0.15) is 13.1 Å². The van der Waals surface area contributed by atoms with Gasteiger partial charge in [-0.05, 0) is 24.3 Å². The van der Waals surface area contributed by atoms with Crippen molar-refractivity contribution in [3.63, 3.8) is 0 Å². The van der Waals surface area contributed by atoms with E-state index in [1.807, 2.05) is 0 Å². The number of halogens is 3. The molecule has 3 aromatic rings. The van der Waals surface area contributed by atoms with Crippen LogP contribution in [-0.4, -0.2) is 34.6 Å². The molecule has 140 valence electrons. The highest BCUT2D eigenvalue weighted by Gasteiger charge is 2.32. The van der Waals surface area contributed by atoms with Crippen LogP contribution in [0.1, 0.15) is 0 Å². The molecule has 4 nitrogen and oxygen atoms in total. The lowest BCUT2D eigenvalue weighted by molar-refractivity contribution is -0.160. The summed E-state index contributed by atoms with van der Waals surface area (Å²) in [6, 6.07) is 13.5. The van der Waals surface area contributed by atoms with E-state index < -0.39 is 18.6 Å². The van der Waals surface area contributed by atoms with Crippen LogP contribution in [0.4, 0.5) is 13.2 Å². The molecular formula is C20H17F3N2O2. The van der Waals surface area contributed by atoms with Crippen LogP contribution in [0.3, 0.4) is 0 Å². The fraction of sp³-hybridized carbons (Fsp3) is 0.200. The molecule has 0 aliphatic heterocycles. The summed E-state index contributed by atoms with van der Waals surface area (Å²) in [4.78, 5) is 26.0. The van der Waals surface area contributed by atoms with E-state index in [2.05, 4.69) is 6.58 Å². The number of benzene rings is 2. The zero-order valence-corrected chi connectivity index (χ0v) is 14.4. The van der Waals surface area contributed by atoms with E-state index >= 15 is 0 Å². The number of amides is 1. The number of nitrogens with zero attached hydrogens (tertiary/aromatic N) is 2. The smallest absolute Gasteiger partial charge is 0.331 e. The first-order chi connectivity index (χ1) is 12.8. The van der Waals surface area contributed by atoms with Crippen molar-refractivity contribution in [1.29, 1.82) is 0 Å². The van der Waals surface area contributed by atoms with E-state index in [1.54, 1.807) is 53.1 Å². The molecule has 0 atom stereocenters. The van der Waals surface area contributed by atoms with Gasteiger partial charge in [0.25, 0.3) is 0 Å². The van der Waals surface area contributed by atoms with Crippen LogP contribution in [0.15, 0.2) is 66.0 Å². The fourth-order valence-electron chi connectivity index (χ4n) is 3.11. The molecule has 0 N–H and O–H groups in total. The van der Waals surface area contributed by atoms with Gasteiger partial charge in [0, 0.05) is 17.3 Å². The predicted molar refractivity (Wildman–Crippen MR) is 98.5 cm³/mol. The molecule has 1 aromatic heterocycles. The highest BCUT2D eigenvalue weighted by atomic mass is 19.4. The van der Waals surface area contributed by atoms with Crippen LogP contribution in [0.25, 0.3) is 21.8 Å². The highest BCUT2D eigenvalue weighted by molar-refractivity contribution is 5.94. The number of hydrogen-bond donors (Lipinski definition) is 0. The van der Waals surface area contributed by atoms with Crippen molar-refractivity contribution in [2.45, 2.75) is 12.7 Å². The summed E-state index contributed by atoms with van der Waals surface area (Å²) < 4.78 is 40.0. The molecule has 1 amide bonds. The maximum absolute atomic E-state index is 12.8. The first-order valence-corrected chi connectivity index (χ1v) is 8.27. The van der Waals surface area contributed by atoms with Crippen LogP contribution < -0.4 is 5.43 Å². The summed E-state index contributed by atoms with van der Waals surface area (Å²) in [5.74, 6) is -0.703. The first-order valence-electron chi connectivity index (χ1n) is 8.27. The summed E-state index contributed by atoms with van der Waals surface area (Å²) in [6.07, 6.45) is -3.25. The van der Waals surface area contributed by atoms with Crippen molar-refractivity contribution in [3.8, 4) is 0 Å². The minimum Gasteiger partial charge on any atom is -0.331 e. The summed E-state index contributed by atoms with van der Waals surface area (Å²) in [5, 5.41) is 0.824. The number of carbonyl (C=O) groups excluding carboxylic acids is 1. The van der Waals surface area contributed by atoms with Gasteiger partial charge < -0.3 is 9.47 Å². The molecule has 0 radical (unpaired) electrons. The Morgan fingerprint density at radius 3 is 2.04 bits per heavy atom. The second-order valence-corrected chi connectivity index (χ2v) is 6.13. The normalized spacial score (nSPS) is 11.7. The van der Waals surface area contributed by atoms with E-state index in [4.69, 9.17) is 0 Å². The zero-order chi connectivity index (χ0) is 19.6. The number of alkyl halides is 3. The number of rotatable bonds is 5. The molecule has 7 heteroatoms. The summed E-state index contributed by atoms with van der Waals surface area (Å²) >= 11 is 0. The van der Waals surface area contributed by atoms with E-state index in [-0.39, 0.29) is 18.5 Å². The Bertz CT molecular complexity index is 1010. The molecule has 0 aliphatic rings. The van der Waals surface area contributed by atoms with Gasteiger partial charge in [-0.2, -0.15) is 13.2 Å². The third-order valence-corrected chi connectivity index (χ3v) is 4.24. The molecule has 0 saturated carbocycles. The van der Waals surface area contributed by atoms with E-state index in [0.29, 0.717) is 26.7 Å². The molecule has 0 unspecified atom stereocenters. The lowest BCUT2D eigenvalue weighted by Gasteiger charge is -2.24. The van der Waals surface area contributed by atoms with Gasteiger partial charge in [-0.1, -0.05) is 30.3 Å². The van der Waals surface area contributed by atoms with Gasteiger partial charge in [0.15, 0.2) is 5.43 Å². The Kier molecular flexibility index (Phi) is 5.03. The van der Waals surface area contributed by atoms with E-state index in [1.165, 1.54) is 6.08 Å². The average molecular weight is 374 g/mol. The van der Waals surface area contributed by atoms with E-state index in [9.17, 15) is 22.8 Å². The first kappa shape index (κ1) is 18.7. The molecule has 27 heavy (non-hydrogen) atoms. The minimum atomic E-state index is -4.51. The van der Waals surface area contributed by atoms with Crippen molar-refractivity contribution in [1.82, 2.24) is 9.47 Å². The Balaban J connectivity index is 2.12. The molecule has 0 bridgehead atoms. The summed E-state index contributed by atoms with van der Waals surface area (Å²) in [5.41, 5.74) is 0.823. The lowest BCUT2D eigenvalue weighted by atomic mass is 10.1. The van der Waals surface area contributed by atoms with Crippen molar-refractivity contribution in [3.05, 3.63) is 71.4 Å². The average Bonchev–Trinajstić information content (AvgIpc) is 2.63. The third kappa shape index (κ3) is 3.86. The molecule has 0 fully saturated rings. The Morgan fingerprint density at radius 2 is 1.56 bits per heavy atom. The Morgan fingerprint density at radius 1 is 1.04 bits per heavy atom. The largest absolute Gasteiger partial charge is 0.406 e. The van der Waals surface area contributed by atoms with Gasteiger partial charge >= 0.3 is 6.18 Å². The number of aromatic nitrogens is 1. The van der Waals surface area contributed by atoms with Crippen molar-refractivity contribution in [2.75, 3.05) is 13.1 Å². The number of carbonyl (C=O) groups is 1. The molecular weight excluding hydrogens is 357 g/mol. The van der Waals surface area contributed by atoms with Crippen molar-refractivity contribution in [2.24, 2.45) is 0 Å². The second kappa shape index (κ2) is 7.26. The minimum absolute atomic E-state index is 0.178. The SMILES string of the molecule is C=CCN(CC(F)(F)F)C(=O)Cn1c2ccccc2c(=O)c2ccccc21. The zero-order valence-electron chi connectivity index (χ0n) is 14.4. The maximum Gasteiger partial charge on any atom is 0.406 e. The molecule has 0 aliphatic carbocycles. The van der Waals surface area contributed by atoms with Gasteiger partial charge in [0.2, 0.25) is 5.91 Å². The highest BCUT2D eigenvalue weighted by Crippen LogP contribution is 2.21. The quantitative estimate of drug-likeness (QED) is 0.504. The van der Waals surface area contributed by atoms with Crippen LogP contribution in [0.2, 0.25) is 0 Å². The van der Waals surface area contributed by atoms with Crippen LogP contribution >= 0.6 is 0 Å². The number of hydrogen-bond acceptors (Lipinski definition) is 2. The monoisotopic (exact) mass is 374 g/mol. The van der Waals surface area contributed by atoms with Crippen LogP contribution in [-0.2, 0) is 11.3 Å². The topological polar surface area (TPSA) is 42.3 Å². The number of fused-ring (bicyclic) bond motifs is 2. The van der Waals surface area contributed by atoms with Crippen LogP contribution in [0.5, 0.6) is 0 Å². The molecule has 0 spiro atoms. The predicted octanol–water partition coefficient (Wildman–Crippen LogP) is 3.73. The third-order valence-electron chi connectivity index (χ3n) is 4.24. The van der Waals surface area contributed by atoms with Crippen molar-refractivity contribution < 1.29 is 18.0 Å². The van der Waals surface area contributed by atoms with Gasteiger partial charge in [0.05, 0.1) is 11.0 Å². The molecule has 2 aromatic carbocycles. The fourth-order valence-corrected chi connectivity index (χ4v) is 3.11. The maximum atomic E-state index is 12.8. The second-order valence-electron chi connectivity index (χ2n) is 6.13. The Hall–Kier alpha value is -3.09.